The number of nitrogens with two attached hydrogens (primary N) is 1. The van der Waals surface area contributed by atoms with Crippen LogP contribution in [0.1, 0.15) is 16.2 Å². The zero-order valence-electron chi connectivity index (χ0n) is 11.1. The number of carbonyl (C=O) groups is 1. The number of imidazole rings is 1. The minimum atomic E-state index is -0.197. The maximum atomic E-state index is 12.3. The van der Waals surface area contributed by atoms with E-state index in [1.165, 1.54) is 12.1 Å². The zero-order chi connectivity index (χ0) is 14.9. The third kappa shape index (κ3) is 2.89. The second-order valence-electron chi connectivity index (χ2n) is 4.47. The van der Waals surface area contributed by atoms with Gasteiger partial charge >= 0.3 is 0 Å². The maximum absolute atomic E-state index is 12.3. The molecule has 0 aliphatic rings. The van der Waals surface area contributed by atoms with Crippen molar-refractivity contribution < 1.29 is 4.79 Å². The van der Waals surface area contributed by atoms with E-state index in [4.69, 9.17) is 28.9 Å². The third-order valence-corrected chi connectivity index (χ3v) is 3.60. The fourth-order valence-corrected chi connectivity index (χ4v) is 2.25. The van der Waals surface area contributed by atoms with Crippen LogP contribution >= 0.6 is 23.2 Å². The number of hydrogen-bond donors (Lipinski definition) is 1. The number of anilines is 1. The number of nitrogen functional groups attached to an aromatic ring is 1. The Morgan fingerprint density at radius 2 is 2.00 bits per heavy atom. The van der Waals surface area contributed by atoms with Gasteiger partial charge in [0.2, 0.25) is 0 Å². The molecular formula is C13H14Cl2N4O. The van der Waals surface area contributed by atoms with E-state index < -0.39 is 0 Å². The number of nitrogens with zero attached hydrogens (tertiary/aromatic N) is 3. The lowest BCUT2D eigenvalue weighted by Crippen LogP contribution is -2.27. The van der Waals surface area contributed by atoms with Gasteiger partial charge in [-0.15, -0.1) is 0 Å². The molecule has 0 bridgehead atoms. The van der Waals surface area contributed by atoms with Gasteiger partial charge in [0.05, 0.1) is 22.3 Å². The first-order valence-electron chi connectivity index (χ1n) is 5.86. The number of aromatic nitrogens is 2. The van der Waals surface area contributed by atoms with Crippen LogP contribution in [0.2, 0.25) is 10.0 Å². The average molecular weight is 313 g/mol. The van der Waals surface area contributed by atoms with Crippen molar-refractivity contribution in [2.24, 2.45) is 7.05 Å². The lowest BCUT2D eigenvalue weighted by atomic mass is 10.2. The van der Waals surface area contributed by atoms with Crippen molar-refractivity contribution in [3.8, 4) is 0 Å². The van der Waals surface area contributed by atoms with E-state index in [0.29, 0.717) is 12.1 Å². The molecule has 1 heterocycles. The first kappa shape index (κ1) is 14.7. The molecule has 7 heteroatoms. The fourth-order valence-electron chi connectivity index (χ4n) is 1.76. The molecule has 0 radical (unpaired) electrons. The van der Waals surface area contributed by atoms with Crippen molar-refractivity contribution in [1.29, 1.82) is 0 Å². The third-order valence-electron chi connectivity index (χ3n) is 2.97. The predicted octanol–water partition coefficient (Wildman–Crippen LogP) is 2.58. The minimum Gasteiger partial charge on any atom is -0.396 e. The van der Waals surface area contributed by atoms with Crippen molar-refractivity contribution in [3.05, 3.63) is 46.0 Å². The van der Waals surface area contributed by atoms with E-state index in [1.807, 2.05) is 17.8 Å². The van der Waals surface area contributed by atoms with Gasteiger partial charge in [-0.25, -0.2) is 4.98 Å². The maximum Gasteiger partial charge on any atom is 0.254 e. The standard InChI is InChI=1S/C13H14Cl2N4O/c1-18-4-3-17-11(18)7-19(2)13(20)8-5-9(14)12(16)10(15)6-8/h3-6H,7,16H2,1-2H3. The molecule has 5 nitrogen and oxygen atoms in total. The van der Waals surface area contributed by atoms with E-state index in [-0.39, 0.29) is 21.6 Å². The van der Waals surface area contributed by atoms with Crippen LogP contribution in [0.4, 0.5) is 5.69 Å². The van der Waals surface area contributed by atoms with Gasteiger partial charge in [-0.05, 0) is 12.1 Å². The summed E-state index contributed by atoms with van der Waals surface area (Å²) >= 11 is 11.9. The van der Waals surface area contributed by atoms with Crippen molar-refractivity contribution in [3.63, 3.8) is 0 Å². The summed E-state index contributed by atoms with van der Waals surface area (Å²) in [5.74, 6) is 0.588. The Morgan fingerprint density at radius 1 is 1.40 bits per heavy atom. The quantitative estimate of drug-likeness (QED) is 0.886. The summed E-state index contributed by atoms with van der Waals surface area (Å²) in [4.78, 5) is 18.0. The zero-order valence-corrected chi connectivity index (χ0v) is 12.6. The van der Waals surface area contributed by atoms with Crippen molar-refractivity contribution in [2.75, 3.05) is 12.8 Å². The van der Waals surface area contributed by atoms with Gasteiger partial charge in [-0.1, -0.05) is 23.2 Å². The highest BCUT2D eigenvalue weighted by molar-refractivity contribution is 6.39. The van der Waals surface area contributed by atoms with Gasteiger partial charge in [0.15, 0.2) is 0 Å². The first-order valence-corrected chi connectivity index (χ1v) is 6.62. The molecule has 2 rings (SSSR count). The van der Waals surface area contributed by atoms with E-state index in [9.17, 15) is 4.79 Å². The number of hydrogen-bond acceptors (Lipinski definition) is 3. The molecule has 0 aliphatic carbocycles. The van der Waals surface area contributed by atoms with Crippen LogP contribution in [0.15, 0.2) is 24.5 Å². The Balaban J connectivity index is 2.21. The molecule has 0 atom stereocenters. The van der Waals surface area contributed by atoms with Gasteiger partial charge in [-0.2, -0.15) is 0 Å². The number of halogens is 2. The number of rotatable bonds is 3. The second kappa shape index (κ2) is 5.73. The van der Waals surface area contributed by atoms with E-state index in [0.717, 1.165) is 5.82 Å². The molecule has 106 valence electrons. The topological polar surface area (TPSA) is 64.2 Å². The van der Waals surface area contributed by atoms with Crippen molar-refractivity contribution >= 4 is 34.8 Å². The van der Waals surface area contributed by atoms with Crippen LogP contribution in [-0.2, 0) is 13.6 Å². The fraction of sp³-hybridized carbons (Fsp3) is 0.231. The van der Waals surface area contributed by atoms with Gasteiger partial charge < -0.3 is 15.2 Å². The number of benzene rings is 1. The Labute approximate surface area is 126 Å². The molecule has 0 saturated heterocycles. The molecule has 0 spiro atoms. The summed E-state index contributed by atoms with van der Waals surface area (Å²) in [6.07, 6.45) is 3.51. The Kier molecular flexibility index (Phi) is 4.20. The largest absolute Gasteiger partial charge is 0.396 e. The van der Waals surface area contributed by atoms with Crippen LogP contribution in [0.5, 0.6) is 0 Å². The van der Waals surface area contributed by atoms with E-state index in [2.05, 4.69) is 4.98 Å². The van der Waals surface area contributed by atoms with Gasteiger partial charge in [0, 0.05) is 32.1 Å². The molecule has 1 aromatic carbocycles. The molecule has 1 aromatic heterocycles. The predicted molar refractivity (Wildman–Crippen MR) is 79.9 cm³/mol. The lowest BCUT2D eigenvalue weighted by Gasteiger charge is -2.17. The normalized spacial score (nSPS) is 10.6. The molecule has 1 amide bonds. The highest BCUT2D eigenvalue weighted by atomic mass is 35.5. The van der Waals surface area contributed by atoms with Gasteiger partial charge in [-0.3, -0.25) is 4.79 Å². The molecule has 0 saturated carbocycles. The van der Waals surface area contributed by atoms with Gasteiger partial charge in [0.1, 0.15) is 5.82 Å². The number of aryl methyl sites for hydroxylation is 1. The second-order valence-corrected chi connectivity index (χ2v) is 5.28. The molecule has 2 aromatic rings. The first-order chi connectivity index (χ1) is 9.40. The summed E-state index contributed by atoms with van der Waals surface area (Å²) in [7, 11) is 3.56. The van der Waals surface area contributed by atoms with Crippen LogP contribution in [-0.4, -0.2) is 27.4 Å². The smallest absolute Gasteiger partial charge is 0.254 e. The van der Waals surface area contributed by atoms with Crippen LogP contribution < -0.4 is 5.73 Å². The van der Waals surface area contributed by atoms with E-state index in [1.54, 1.807) is 18.1 Å². The highest BCUT2D eigenvalue weighted by Crippen LogP contribution is 2.29. The van der Waals surface area contributed by atoms with Crippen LogP contribution in [0.3, 0.4) is 0 Å². The number of carbonyl (C=O) groups excluding carboxylic acids is 1. The van der Waals surface area contributed by atoms with Crippen molar-refractivity contribution in [1.82, 2.24) is 14.5 Å². The molecule has 0 fully saturated rings. The molecular weight excluding hydrogens is 299 g/mol. The SMILES string of the molecule is CN(Cc1nccn1C)C(=O)c1cc(Cl)c(N)c(Cl)c1. The molecule has 2 N–H and O–H groups in total. The lowest BCUT2D eigenvalue weighted by molar-refractivity contribution is 0.0780. The molecule has 0 aliphatic heterocycles. The monoisotopic (exact) mass is 312 g/mol. The number of amides is 1. The Hall–Kier alpha value is -1.72. The highest BCUT2D eigenvalue weighted by Gasteiger charge is 2.16. The van der Waals surface area contributed by atoms with E-state index >= 15 is 0 Å². The Morgan fingerprint density at radius 3 is 2.50 bits per heavy atom. The molecule has 20 heavy (non-hydrogen) atoms. The van der Waals surface area contributed by atoms with Gasteiger partial charge in [0.25, 0.3) is 5.91 Å². The molecule has 0 unspecified atom stereocenters. The van der Waals surface area contributed by atoms with Crippen molar-refractivity contribution in [2.45, 2.75) is 6.54 Å². The summed E-state index contributed by atoms with van der Waals surface area (Å²) in [6, 6.07) is 3.03. The average Bonchev–Trinajstić information content (AvgIpc) is 2.80. The van der Waals surface area contributed by atoms with Crippen LogP contribution in [0.25, 0.3) is 0 Å². The summed E-state index contributed by atoms with van der Waals surface area (Å²) in [5.41, 5.74) is 6.32. The Bertz CT molecular complexity index is 631. The summed E-state index contributed by atoms with van der Waals surface area (Å²) in [5, 5.41) is 0.539. The summed E-state index contributed by atoms with van der Waals surface area (Å²) in [6.45, 7) is 0.391. The summed E-state index contributed by atoms with van der Waals surface area (Å²) < 4.78 is 1.85. The minimum absolute atomic E-state index is 0.197. The van der Waals surface area contributed by atoms with Crippen LogP contribution in [0, 0.1) is 0 Å².